The highest BCUT2D eigenvalue weighted by atomic mass is 32.1. The fraction of sp³-hybridized carbons (Fsp3) is 0.273. The van der Waals surface area contributed by atoms with Gasteiger partial charge in [-0.3, -0.25) is 10.1 Å². The Morgan fingerprint density at radius 2 is 1.82 bits per heavy atom. The SMILES string of the molecule is COc1ccc(/C=C/C(=O)Nc2nc3ccc(C(C)(C)C)cc3s2)cc1OC. The Morgan fingerprint density at radius 1 is 1.07 bits per heavy atom. The van der Waals surface area contributed by atoms with E-state index in [0.29, 0.717) is 16.6 Å². The van der Waals surface area contributed by atoms with Crippen molar-refractivity contribution in [3.05, 3.63) is 53.6 Å². The van der Waals surface area contributed by atoms with E-state index in [-0.39, 0.29) is 11.3 Å². The molecule has 2 aromatic carbocycles. The molecule has 0 aliphatic carbocycles. The van der Waals surface area contributed by atoms with Crippen LogP contribution in [0.15, 0.2) is 42.5 Å². The van der Waals surface area contributed by atoms with Crippen LogP contribution in [0.25, 0.3) is 16.3 Å². The summed E-state index contributed by atoms with van der Waals surface area (Å²) in [6, 6.07) is 11.7. The lowest BCUT2D eigenvalue weighted by atomic mass is 9.87. The third-order valence-electron chi connectivity index (χ3n) is 4.32. The number of hydrogen-bond donors (Lipinski definition) is 1. The molecule has 3 aromatic rings. The van der Waals surface area contributed by atoms with Crippen LogP contribution in [0.1, 0.15) is 31.9 Å². The van der Waals surface area contributed by atoms with Crippen LogP contribution in [0.4, 0.5) is 5.13 Å². The first-order valence-corrected chi connectivity index (χ1v) is 9.74. The van der Waals surface area contributed by atoms with E-state index in [1.807, 2.05) is 18.2 Å². The smallest absolute Gasteiger partial charge is 0.250 e. The van der Waals surface area contributed by atoms with Crippen LogP contribution in [-0.4, -0.2) is 25.1 Å². The van der Waals surface area contributed by atoms with Crippen molar-refractivity contribution < 1.29 is 14.3 Å². The number of aromatic nitrogens is 1. The second-order valence-electron chi connectivity index (χ2n) is 7.39. The zero-order chi connectivity index (χ0) is 20.3. The standard InChI is InChI=1S/C22H24N2O3S/c1-22(2,3)15-8-9-16-19(13-15)28-21(23-16)24-20(25)11-7-14-6-10-17(26-4)18(12-14)27-5/h6-13H,1-5H3,(H,23,24,25)/b11-7+. The summed E-state index contributed by atoms with van der Waals surface area (Å²) in [6.45, 7) is 6.53. The molecular formula is C22H24N2O3S. The Bertz CT molecular complexity index is 1030. The zero-order valence-corrected chi connectivity index (χ0v) is 17.5. The fourth-order valence-electron chi connectivity index (χ4n) is 2.72. The molecule has 3 rings (SSSR count). The van der Waals surface area contributed by atoms with Gasteiger partial charge in [-0.1, -0.05) is 44.2 Å². The number of fused-ring (bicyclic) bond motifs is 1. The molecule has 0 aliphatic rings. The number of nitrogens with zero attached hydrogens (tertiary/aromatic N) is 1. The molecule has 1 N–H and O–H groups in total. The van der Waals surface area contributed by atoms with E-state index in [9.17, 15) is 4.79 Å². The Balaban J connectivity index is 1.73. The summed E-state index contributed by atoms with van der Waals surface area (Å²) in [4.78, 5) is 16.8. The van der Waals surface area contributed by atoms with Gasteiger partial charge in [0.15, 0.2) is 16.6 Å². The molecule has 1 aromatic heterocycles. The molecule has 0 fully saturated rings. The summed E-state index contributed by atoms with van der Waals surface area (Å²) in [6.07, 6.45) is 3.20. The molecule has 28 heavy (non-hydrogen) atoms. The monoisotopic (exact) mass is 396 g/mol. The maximum Gasteiger partial charge on any atom is 0.250 e. The third-order valence-corrected chi connectivity index (χ3v) is 5.25. The summed E-state index contributed by atoms with van der Waals surface area (Å²) >= 11 is 1.48. The number of anilines is 1. The summed E-state index contributed by atoms with van der Waals surface area (Å²) in [7, 11) is 3.17. The van der Waals surface area contributed by atoms with Crippen molar-refractivity contribution in [1.29, 1.82) is 0 Å². The summed E-state index contributed by atoms with van der Waals surface area (Å²) in [5.41, 5.74) is 3.04. The van der Waals surface area contributed by atoms with Crippen LogP contribution in [0, 0.1) is 0 Å². The predicted molar refractivity (Wildman–Crippen MR) is 116 cm³/mol. The Hall–Kier alpha value is -2.86. The Labute approximate surface area is 169 Å². The topological polar surface area (TPSA) is 60.5 Å². The van der Waals surface area contributed by atoms with Gasteiger partial charge in [0.25, 0.3) is 0 Å². The van der Waals surface area contributed by atoms with Crippen molar-refractivity contribution in [3.63, 3.8) is 0 Å². The van der Waals surface area contributed by atoms with Gasteiger partial charge in [0.2, 0.25) is 5.91 Å². The molecule has 0 saturated heterocycles. The van der Waals surface area contributed by atoms with Crippen LogP contribution in [0.2, 0.25) is 0 Å². The molecule has 0 saturated carbocycles. The average Bonchev–Trinajstić information content (AvgIpc) is 3.06. The number of amides is 1. The molecule has 0 bridgehead atoms. The molecular weight excluding hydrogens is 372 g/mol. The summed E-state index contributed by atoms with van der Waals surface area (Å²) in [5, 5.41) is 3.42. The fourth-order valence-corrected chi connectivity index (χ4v) is 3.63. The van der Waals surface area contributed by atoms with Gasteiger partial charge in [0, 0.05) is 6.08 Å². The van der Waals surface area contributed by atoms with Gasteiger partial charge >= 0.3 is 0 Å². The highest BCUT2D eigenvalue weighted by Crippen LogP contribution is 2.31. The van der Waals surface area contributed by atoms with Crippen molar-refractivity contribution in [1.82, 2.24) is 4.98 Å². The Kier molecular flexibility index (Phi) is 5.70. The second-order valence-corrected chi connectivity index (χ2v) is 8.42. The predicted octanol–water partition coefficient (Wildman–Crippen LogP) is 5.26. The van der Waals surface area contributed by atoms with E-state index in [2.05, 4.69) is 43.2 Å². The molecule has 5 nitrogen and oxygen atoms in total. The van der Waals surface area contributed by atoms with Crippen molar-refractivity contribution >= 4 is 38.7 Å². The van der Waals surface area contributed by atoms with Crippen molar-refractivity contribution in [2.45, 2.75) is 26.2 Å². The zero-order valence-electron chi connectivity index (χ0n) is 16.7. The molecule has 0 radical (unpaired) electrons. The molecule has 6 heteroatoms. The first kappa shape index (κ1) is 19.9. The third kappa shape index (κ3) is 4.51. The molecule has 146 valence electrons. The molecule has 0 spiro atoms. The number of methoxy groups -OCH3 is 2. The van der Waals surface area contributed by atoms with E-state index < -0.39 is 0 Å². The van der Waals surface area contributed by atoms with Crippen LogP contribution in [-0.2, 0) is 10.2 Å². The number of ether oxygens (including phenoxy) is 2. The van der Waals surface area contributed by atoms with E-state index in [4.69, 9.17) is 9.47 Å². The lowest BCUT2D eigenvalue weighted by Crippen LogP contribution is -2.10. The molecule has 0 atom stereocenters. The van der Waals surface area contributed by atoms with E-state index in [0.717, 1.165) is 15.8 Å². The quantitative estimate of drug-likeness (QED) is 0.598. The highest BCUT2D eigenvalue weighted by Gasteiger charge is 2.15. The lowest BCUT2D eigenvalue weighted by Gasteiger charge is -2.18. The maximum atomic E-state index is 12.3. The van der Waals surface area contributed by atoms with E-state index >= 15 is 0 Å². The highest BCUT2D eigenvalue weighted by molar-refractivity contribution is 7.22. The first-order valence-electron chi connectivity index (χ1n) is 8.92. The van der Waals surface area contributed by atoms with Gasteiger partial charge in [-0.25, -0.2) is 4.98 Å². The lowest BCUT2D eigenvalue weighted by molar-refractivity contribution is -0.111. The van der Waals surface area contributed by atoms with Gasteiger partial charge in [0.1, 0.15) is 0 Å². The normalized spacial score (nSPS) is 11.8. The molecule has 0 unspecified atom stereocenters. The van der Waals surface area contributed by atoms with E-state index in [1.165, 1.54) is 23.0 Å². The van der Waals surface area contributed by atoms with Crippen LogP contribution >= 0.6 is 11.3 Å². The minimum atomic E-state index is -0.232. The van der Waals surface area contributed by atoms with Crippen LogP contribution < -0.4 is 14.8 Å². The van der Waals surface area contributed by atoms with Crippen molar-refractivity contribution in [3.8, 4) is 11.5 Å². The van der Waals surface area contributed by atoms with Gasteiger partial charge < -0.3 is 9.47 Å². The van der Waals surface area contributed by atoms with Gasteiger partial charge in [-0.15, -0.1) is 0 Å². The number of hydrogen-bond acceptors (Lipinski definition) is 5. The van der Waals surface area contributed by atoms with Gasteiger partial charge in [-0.2, -0.15) is 0 Å². The number of rotatable bonds is 5. The van der Waals surface area contributed by atoms with E-state index in [1.54, 1.807) is 26.4 Å². The minimum absolute atomic E-state index is 0.0732. The average molecular weight is 397 g/mol. The first-order chi connectivity index (χ1) is 13.3. The van der Waals surface area contributed by atoms with Crippen LogP contribution in [0.3, 0.4) is 0 Å². The van der Waals surface area contributed by atoms with Crippen molar-refractivity contribution in [2.75, 3.05) is 19.5 Å². The molecule has 1 heterocycles. The number of nitrogens with one attached hydrogen (secondary N) is 1. The molecule has 1 amide bonds. The number of benzene rings is 2. The van der Waals surface area contributed by atoms with Crippen LogP contribution in [0.5, 0.6) is 11.5 Å². The Morgan fingerprint density at radius 3 is 2.50 bits per heavy atom. The number of thiazole rings is 1. The number of carbonyl (C=O) groups excluding carboxylic acids is 1. The number of carbonyl (C=O) groups is 1. The molecule has 0 aliphatic heterocycles. The second kappa shape index (κ2) is 8.02. The van der Waals surface area contributed by atoms with Gasteiger partial charge in [-0.05, 0) is 46.9 Å². The van der Waals surface area contributed by atoms with Crippen molar-refractivity contribution in [2.24, 2.45) is 0 Å². The maximum absolute atomic E-state index is 12.3. The summed E-state index contributed by atoms with van der Waals surface area (Å²) in [5.74, 6) is 1.03. The van der Waals surface area contributed by atoms with Gasteiger partial charge in [0.05, 0.1) is 24.4 Å². The minimum Gasteiger partial charge on any atom is -0.493 e. The largest absolute Gasteiger partial charge is 0.493 e. The summed E-state index contributed by atoms with van der Waals surface area (Å²) < 4.78 is 11.6.